The number of rotatable bonds is 8. The number of ether oxygens (including phenoxy) is 2. The molecule has 2 rings (SSSR count). The molecular formula is C18H14ClF5N2O4. The molecule has 162 valence electrons. The molecular weight excluding hydrogens is 439 g/mol. The van der Waals surface area contributed by atoms with Crippen molar-refractivity contribution in [3.05, 3.63) is 59.7 Å². The zero-order valence-electron chi connectivity index (χ0n) is 14.9. The zero-order valence-corrected chi connectivity index (χ0v) is 15.7. The van der Waals surface area contributed by atoms with E-state index < -0.39 is 47.5 Å². The molecule has 0 spiro atoms. The van der Waals surface area contributed by atoms with Crippen molar-refractivity contribution in [1.82, 2.24) is 5.32 Å². The van der Waals surface area contributed by atoms with Crippen molar-refractivity contribution in [3.63, 3.8) is 0 Å². The van der Waals surface area contributed by atoms with E-state index in [0.29, 0.717) is 0 Å². The Morgan fingerprint density at radius 1 is 1.03 bits per heavy atom. The van der Waals surface area contributed by atoms with Gasteiger partial charge in [-0.25, -0.2) is 18.0 Å². The number of urea groups is 1. The maximum Gasteiger partial charge on any atom is 0.401 e. The number of amides is 3. The fraction of sp³-hybridized carbons (Fsp3) is 0.222. The Morgan fingerprint density at radius 3 is 2.20 bits per heavy atom. The molecule has 1 unspecified atom stereocenters. The minimum atomic E-state index is -4.14. The van der Waals surface area contributed by atoms with Crippen LogP contribution in [0.1, 0.15) is 10.4 Å². The number of hydrogen-bond donors (Lipinski definition) is 2. The second kappa shape index (κ2) is 10.2. The Bertz CT molecular complexity index is 876. The number of halogens is 6. The van der Waals surface area contributed by atoms with Crippen LogP contribution in [-0.2, 0) is 4.74 Å². The minimum Gasteiger partial charge on any atom is -0.491 e. The average Bonchev–Trinajstić information content (AvgIpc) is 2.66. The Labute approximate surface area is 171 Å². The van der Waals surface area contributed by atoms with Crippen molar-refractivity contribution in [2.45, 2.75) is 11.7 Å². The third-order valence-corrected chi connectivity index (χ3v) is 3.68. The fourth-order valence-electron chi connectivity index (χ4n) is 2.08. The minimum absolute atomic E-state index is 0.187. The second-order valence-electron chi connectivity index (χ2n) is 5.59. The number of carbonyl (C=O) groups excluding carboxylic acids is 2. The fourth-order valence-corrected chi connectivity index (χ4v) is 2.14. The monoisotopic (exact) mass is 452 g/mol. The molecule has 0 saturated heterocycles. The van der Waals surface area contributed by atoms with Crippen molar-refractivity contribution in [1.29, 1.82) is 0 Å². The SMILES string of the molecule is O=C(NC(=O)c1c(F)cccc1F)Nc1ccc(OCCOC(F)(F)C(F)Cl)cc1. The van der Waals surface area contributed by atoms with Gasteiger partial charge in [-0.3, -0.25) is 10.1 Å². The quantitative estimate of drug-likeness (QED) is 0.352. The summed E-state index contributed by atoms with van der Waals surface area (Å²) in [4.78, 5) is 23.6. The topological polar surface area (TPSA) is 76.7 Å². The van der Waals surface area contributed by atoms with E-state index >= 15 is 0 Å². The van der Waals surface area contributed by atoms with Crippen molar-refractivity contribution < 1.29 is 41.0 Å². The van der Waals surface area contributed by atoms with Crippen molar-refractivity contribution in [2.75, 3.05) is 18.5 Å². The lowest BCUT2D eigenvalue weighted by molar-refractivity contribution is -0.258. The van der Waals surface area contributed by atoms with Crippen LogP contribution in [0.15, 0.2) is 42.5 Å². The first-order chi connectivity index (χ1) is 14.1. The average molecular weight is 453 g/mol. The summed E-state index contributed by atoms with van der Waals surface area (Å²) in [5, 5.41) is 4.03. The molecule has 30 heavy (non-hydrogen) atoms. The van der Waals surface area contributed by atoms with Gasteiger partial charge in [0.05, 0.1) is 6.61 Å². The Hall–Kier alpha value is -2.92. The highest BCUT2D eigenvalue weighted by Gasteiger charge is 2.40. The summed E-state index contributed by atoms with van der Waals surface area (Å²) >= 11 is 4.63. The van der Waals surface area contributed by atoms with Gasteiger partial charge in [-0.2, -0.15) is 8.78 Å². The van der Waals surface area contributed by atoms with E-state index in [1.54, 1.807) is 5.32 Å². The predicted molar refractivity (Wildman–Crippen MR) is 96.4 cm³/mol. The molecule has 0 aliphatic heterocycles. The lowest BCUT2D eigenvalue weighted by atomic mass is 10.2. The third-order valence-electron chi connectivity index (χ3n) is 3.43. The van der Waals surface area contributed by atoms with Crippen LogP contribution in [0, 0.1) is 11.6 Å². The molecule has 3 amide bonds. The molecule has 2 aromatic carbocycles. The highest BCUT2D eigenvalue weighted by atomic mass is 35.5. The van der Waals surface area contributed by atoms with E-state index in [0.717, 1.165) is 18.2 Å². The number of benzene rings is 2. The first-order valence-corrected chi connectivity index (χ1v) is 8.63. The van der Waals surface area contributed by atoms with E-state index in [1.165, 1.54) is 24.3 Å². The highest BCUT2D eigenvalue weighted by Crippen LogP contribution is 2.25. The number of imide groups is 1. The lowest BCUT2D eigenvalue weighted by Crippen LogP contribution is -2.35. The normalized spacial score (nSPS) is 12.2. The summed E-state index contributed by atoms with van der Waals surface area (Å²) in [5.41, 5.74) is -3.71. The molecule has 12 heteroatoms. The molecule has 6 nitrogen and oxygen atoms in total. The van der Waals surface area contributed by atoms with Crippen molar-refractivity contribution >= 4 is 29.2 Å². The van der Waals surface area contributed by atoms with Crippen molar-refractivity contribution in [2.24, 2.45) is 0 Å². The van der Waals surface area contributed by atoms with Crippen LogP contribution in [0.3, 0.4) is 0 Å². The van der Waals surface area contributed by atoms with Gasteiger partial charge in [-0.05, 0) is 36.4 Å². The molecule has 1 atom stereocenters. The molecule has 0 aliphatic rings. The van der Waals surface area contributed by atoms with E-state index in [9.17, 15) is 31.5 Å². The van der Waals surface area contributed by atoms with Crippen LogP contribution in [0.5, 0.6) is 5.75 Å². The molecule has 0 heterocycles. The molecule has 0 aliphatic carbocycles. The number of nitrogens with one attached hydrogen (secondary N) is 2. The van der Waals surface area contributed by atoms with E-state index in [2.05, 4.69) is 21.7 Å². The van der Waals surface area contributed by atoms with Crippen LogP contribution in [0.25, 0.3) is 0 Å². The van der Waals surface area contributed by atoms with Crippen LogP contribution in [0.4, 0.5) is 32.4 Å². The summed E-state index contributed by atoms with van der Waals surface area (Å²) < 4.78 is 74.1. The summed E-state index contributed by atoms with van der Waals surface area (Å²) in [6.07, 6.45) is -4.14. The van der Waals surface area contributed by atoms with Gasteiger partial charge >= 0.3 is 12.1 Å². The van der Waals surface area contributed by atoms with Crippen LogP contribution in [0.2, 0.25) is 0 Å². The number of hydrogen-bond acceptors (Lipinski definition) is 4. The summed E-state index contributed by atoms with van der Waals surface area (Å²) in [6, 6.07) is 7.15. The van der Waals surface area contributed by atoms with E-state index in [4.69, 9.17) is 4.74 Å². The first-order valence-electron chi connectivity index (χ1n) is 8.19. The smallest absolute Gasteiger partial charge is 0.401 e. The number of anilines is 1. The van der Waals surface area contributed by atoms with E-state index in [1.807, 2.05) is 0 Å². The second-order valence-corrected chi connectivity index (χ2v) is 5.97. The molecule has 0 bridgehead atoms. The molecule has 0 aromatic heterocycles. The Balaban J connectivity index is 1.82. The largest absolute Gasteiger partial charge is 0.491 e. The van der Waals surface area contributed by atoms with Gasteiger partial charge in [0.1, 0.15) is 29.6 Å². The predicted octanol–water partition coefficient (Wildman–Crippen LogP) is 4.45. The molecule has 0 radical (unpaired) electrons. The molecule has 2 aromatic rings. The summed E-state index contributed by atoms with van der Waals surface area (Å²) in [7, 11) is 0. The molecule has 2 N–H and O–H groups in total. The number of carbonyl (C=O) groups is 2. The maximum atomic E-state index is 13.5. The van der Waals surface area contributed by atoms with Gasteiger partial charge in [0.2, 0.25) is 0 Å². The van der Waals surface area contributed by atoms with Gasteiger partial charge < -0.3 is 14.8 Å². The van der Waals surface area contributed by atoms with Gasteiger partial charge in [-0.15, -0.1) is 0 Å². The standard InChI is InChI=1S/C18H14ClF5N2O4/c19-16(22)18(23,24)30-9-8-29-11-6-4-10(5-7-11)25-17(28)26-15(27)14-12(20)2-1-3-13(14)21/h1-7,16H,8-9H2,(H2,25,26,27,28). The van der Waals surface area contributed by atoms with Gasteiger partial charge in [-0.1, -0.05) is 17.7 Å². The summed E-state index contributed by atoms with van der Waals surface area (Å²) in [6.45, 7) is -0.980. The highest BCUT2D eigenvalue weighted by molar-refractivity contribution is 6.20. The van der Waals surface area contributed by atoms with Crippen LogP contribution >= 0.6 is 11.6 Å². The third kappa shape index (κ3) is 6.56. The van der Waals surface area contributed by atoms with Gasteiger partial charge in [0.25, 0.3) is 11.5 Å². The van der Waals surface area contributed by atoms with Gasteiger partial charge in [0.15, 0.2) is 0 Å². The molecule has 0 fully saturated rings. The molecule has 0 saturated carbocycles. The Morgan fingerprint density at radius 2 is 1.63 bits per heavy atom. The first kappa shape index (κ1) is 23.4. The van der Waals surface area contributed by atoms with E-state index in [-0.39, 0.29) is 18.0 Å². The van der Waals surface area contributed by atoms with Crippen LogP contribution in [-0.4, -0.2) is 36.9 Å². The van der Waals surface area contributed by atoms with Gasteiger partial charge in [0, 0.05) is 5.69 Å². The van der Waals surface area contributed by atoms with Crippen molar-refractivity contribution in [3.8, 4) is 5.75 Å². The zero-order chi connectivity index (χ0) is 22.3. The maximum absolute atomic E-state index is 13.5. The Kier molecular flexibility index (Phi) is 7.95. The van der Waals surface area contributed by atoms with Crippen LogP contribution < -0.4 is 15.4 Å². The number of alkyl halides is 4. The summed E-state index contributed by atoms with van der Waals surface area (Å²) in [5.74, 6) is -3.32. The lowest BCUT2D eigenvalue weighted by Gasteiger charge is -2.16.